The number of aliphatic imine (C=N–C) groups is 1. The highest BCUT2D eigenvalue weighted by atomic mass is 127. The maximum Gasteiger partial charge on any atom is 0.191 e. The van der Waals surface area contributed by atoms with E-state index in [0.29, 0.717) is 6.54 Å². The van der Waals surface area contributed by atoms with E-state index in [4.69, 9.17) is 0 Å². The molecule has 0 spiro atoms. The molecule has 0 aromatic heterocycles. The van der Waals surface area contributed by atoms with Gasteiger partial charge in [0.25, 0.3) is 0 Å². The molecule has 4 nitrogen and oxygen atoms in total. The van der Waals surface area contributed by atoms with Gasteiger partial charge in [0.05, 0.1) is 6.54 Å². The van der Waals surface area contributed by atoms with E-state index in [1.54, 1.807) is 0 Å². The van der Waals surface area contributed by atoms with Crippen molar-refractivity contribution in [3.8, 4) is 0 Å². The fourth-order valence-electron chi connectivity index (χ4n) is 2.40. The first-order valence-corrected chi connectivity index (χ1v) is 8.43. The number of hydrogen-bond donors (Lipinski definition) is 2. The highest BCUT2D eigenvalue weighted by Crippen LogP contribution is 2.12. The van der Waals surface area contributed by atoms with Gasteiger partial charge in [-0.25, -0.2) is 4.99 Å². The number of nitrogens with one attached hydrogen (secondary N) is 2. The summed E-state index contributed by atoms with van der Waals surface area (Å²) in [5, 5.41) is 6.71. The summed E-state index contributed by atoms with van der Waals surface area (Å²) in [4.78, 5) is 6.78. The number of nitrogens with zero attached hydrogens (tertiary/aromatic N) is 2. The fourth-order valence-corrected chi connectivity index (χ4v) is 2.40. The lowest BCUT2D eigenvalue weighted by Gasteiger charge is -2.14. The van der Waals surface area contributed by atoms with Crippen LogP contribution in [0.2, 0.25) is 0 Å². The smallest absolute Gasteiger partial charge is 0.191 e. The monoisotopic (exact) mass is 452 g/mol. The second-order valence-electron chi connectivity index (χ2n) is 6.04. The van der Waals surface area contributed by atoms with E-state index in [-0.39, 0.29) is 24.0 Å². The van der Waals surface area contributed by atoms with E-state index < -0.39 is 0 Å². The van der Waals surface area contributed by atoms with Crippen LogP contribution >= 0.6 is 24.0 Å². The molecule has 2 rings (SSSR count). The molecule has 0 saturated heterocycles. The van der Waals surface area contributed by atoms with Crippen molar-refractivity contribution in [1.82, 2.24) is 10.6 Å². The minimum atomic E-state index is 0. The van der Waals surface area contributed by atoms with Crippen LogP contribution in [0.15, 0.2) is 53.5 Å². The van der Waals surface area contributed by atoms with Crippen molar-refractivity contribution in [1.29, 1.82) is 0 Å². The molecule has 0 aliphatic carbocycles. The van der Waals surface area contributed by atoms with Gasteiger partial charge in [0, 0.05) is 32.9 Å². The lowest BCUT2D eigenvalue weighted by molar-refractivity contribution is 0.813. The minimum absolute atomic E-state index is 0. The number of aryl methyl sites for hydroxylation is 1. The van der Waals surface area contributed by atoms with Crippen molar-refractivity contribution in [2.45, 2.75) is 26.9 Å². The van der Waals surface area contributed by atoms with Crippen LogP contribution in [0.5, 0.6) is 0 Å². The van der Waals surface area contributed by atoms with Gasteiger partial charge in [-0.1, -0.05) is 36.4 Å². The Labute approximate surface area is 168 Å². The lowest BCUT2D eigenvalue weighted by Crippen LogP contribution is -2.36. The van der Waals surface area contributed by atoms with Crippen molar-refractivity contribution < 1.29 is 0 Å². The average molecular weight is 452 g/mol. The maximum absolute atomic E-state index is 4.68. The Bertz CT molecular complexity index is 666. The molecule has 2 aromatic carbocycles. The topological polar surface area (TPSA) is 39.7 Å². The van der Waals surface area contributed by atoms with E-state index in [2.05, 4.69) is 82.9 Å². The first-order chi connectivity index (χ1) is 11.6. The molecule has 0 aliphatic heterocycles. The largest absolute Gasteiger partial charge is 0.378 e. The van der Waals surface area contributed by atoms with Gasteiger partial charge < -0.3 is 15.5 Å². The molecule has 0 fully saturated rings. The number of hydrogen-bond acceptors (Lipinski definition) is 2. The first-order valence-electron chi connectivity index (χ1n) is 8.43. The molecule has 0 heterocycles. The third-order valence-corrected chi connectivity index (χ3v) is 3.92. The van der Waals surface area contributed by atoms with E-state index >= 15 is 0 Å². The zero-order valence-electron chi connectivity index (χ0n) is 15.5. The molecular weight excluding hydrogens is 423 g/mol. The van der Waals surface area contributed by atoms with E-state index in [1.165, 1.54) is 22.4 Å². The summed E-state index contributed by atoms with van der Waals surface area (Å²) >= 11 is 0. The molecule has 0 atom stereocenters. The summed E-state index contributed by atoms with van der Waals surface area (Å²) in [7, 11) is 4.10. The summed E-state index contributed by atoms with van der Waals surface area (Å²) in [5.41, 5.74) is 4.99. The summed E-state index contributed by atoms with van der Waals surface area (Å²) in [5.74, 6) is 0.845. The van der Waals surface area contributed by atoms with Crippen LogP contribution in [-0.2, 0) is 13.1 Å². The Kier molecular flexibility index (Phi) is 9.34. The lowest BCUT2D eigenvalue weighted by atomic mass is 10.1. The normalized spacial score (nSPS) is 10.8. The highest BCUT2D eigenvalue weighted by molar-refractivity contribution is 14.0. The van der Waals surface area contributed by atoms with E-state index in [1.807, 2.05) is 14.1 Å². The first kappa shape index (κ1) is 21.3. The molecule has 0 radical (unpaired) electrons. The van der Waals surface area contributed by atoms with Gasteiger partial charge >= 0.3 is 0 Å². The molecule has 2 N–H and O–H groups in total. The number of halogens is 1. The van der Waals surface area contributed by atoms with Crippen molar-refractivity contribution in [2.75, 3.05) is 25.5 Å². The van der Waals surface area contributed by atoms with Gasteiger partial charge in [0.2, 0.25) is 0 Å². The van der Waals surface area contributed by atoms with Crippen molar-refractivity contribution >= 4 is 35.6 Å². The zero-order valence-corrected chi connectivity index (χ0v) is 17.9. The Balaban J connectivity index is 0.00000312. The standard InChI is InChI=1S/C20H28N4.HI/c1-5-21-20(23-15-18-9-7-6-8-16(18)2)22-14-17-10-12-19(13-11-17)24(3)4;/h6-13H,5,14-15H2,1-4H3,(H2,21,22,23);1H. The van der Waals surface area contributed by atoms with E-state index in [0.717, 1.165) is 19.0 Å². The quantitative estimate of drug-likeness (QED) is 0.397. The Hall–Kier alpha value is -1.76. The Morgan fingerprint density at radius 2 is 1.68 bits per heavy atom. The molecule has 0 saturated carbocycles. The molecule has 136 valence electrons. The molecule has 2 aromatic rings. The number of anilines is 1. The average Bonchev–Trinajstić information content (AvgIpc) is 2.59. The van der Waals surface area contributed by atoms with Gasteiger partial charge in [0.15, 0.2) is 5.96 Å². The third-order valence-electron chi connectivity index (χ3n) is 3.92. The molecule has 0 bridgehead atoms. The van der Waals surface area contributed by atoms with Crippen LogP contribution < -0.4 is 15.5 Å². The Morgan fingerprint density at radius 3 is 2.28 bits per heavy atom. The predicted octanol–water partition coefficient (Wildman–Crippen LogP) is 3.93. The van der Waals surface area contributed by atoms with Gasteiger partial charge in [-0.2, -0.15) is 0 Å². The van der Waals surface area contributed by atoms with Gasteiger partial charge in [-0.05, 0) is 42.7 Å². The van der Waals surface area contributed by atoms with Crippen LogP contribution in [0.1, 0.15) is 23.6 Å². The molecule has 5 heteroatoms. The second-order valence-corrected chi connectivity index (χ2v) is 6.04. The van der Waals surface area contributed by atoms with Crippen LogP contribution in [0.25, 0.3) is 0 Å². The molecule has 0 aliphatic rings. The van der Waals surface area contributed by atoms with Crippen LogP contribution in [0, 0.1) is 6.92 Å². The van der Waals surface area contributed by atoms with Gasteiger partial charge in [-0.3, -0.25) is 0 Å². The second kappa shape index (κ2) is 11.0. The highest BCUT2D eigenvalue weighted by Gasteiger charge is 2.01. The van der Waals surface area contributed by atoms with Crippen LogP contribution in [0.4, 0.5) is 5.69 Å². The number of guanidine groups is 1. The van der Waals surface area contributed by atoms with Gasteiger partial charge in [0.1, 0.15) is 0 Å². The molecule has 0 amide bonds. The zero-order chi connectivity index (χ0) is 17.4. The summed E-state index contributed by atoms with van der Waals surface area (Å²) in [6.07, 6.45) is 0. The van der Waals surface area contributed by atoms with Crippen molar-refractivity contribution in [3.63, 3.8) is 0 Å². The third kappa shape index (κ3) is 6.94. The molecule has 25 heavy (non-hydrogen) atoms. The summed E-state index contributed by atoms with van der Waals surface area (Å²) in [6.45, 7) is 6.50. The molecular formula is C20H29IN4. The maximum atomic E-state index is 4.68. The number of rotatable bonds is 6. The summed E-state index contributed by atoms with van der Waals surface area (Å²) < 4.78 is 0. The van der Waals surface area contributed by atoms with Gasteiger partial charge in [-0.15, -0.1) is 24.0 Å². The summed E-state index contributed by atoms with van der Waals surface area (Å²) in [6, 6.07) is 16.9. The van der Waals surface area contributed by atoms with Crippen molar-refractivity contribution in [3.05, 3.63) is 65.2 Å². The van der Waals surface area contributed by atoms with Crippen LogP contribution in [-0.4, -0.2) is 26.6 Å². The van der Waals surface area contributed by atoms with Crippen molar-refractivity contribution in [2.24, 2.45) is 4.99 Å². The molecule has 0 unspecified atom stereocenters. The Morgan fingerprint density at radius 1 is 1.00 bits per heavy atom. The van der Waals surface area contributed by atoms with E-state index in [9.17, 15) is 0 Å². The number of benzene rings is 2. The fraction of sp³-hybridized carbons (Fsp3) is 0.350. The SMILES string of the molecule is CCNC(=NCc1ccc(N(C)C)cc1)NCc1ccccc1C.I. The van der Waals surface area contributed by atoms with Crippen LogP contribution in [0.3, 0.4) is 0 Å². The predicted molar refractivity (Wildman–Crippen MR) is 119 cm³/mol. The minimum Gasteiger partial charge on any atom is -0.378 e.